The molecule has 2 saturated carbocycles. The highest BCUT2D eigenvalue weighted by molar-refractivity contribution is 5.10. The summed E-state index contributed by atoms with van der Waals surface area (Å²) >= 11 is 0. The zero-order valence-corrected chi connectivity index (χ0v) is 12.4. The third kappa shape index (κ3) is 2.57. The fourth-order valence-corrected chi connectivity index (χ4v) is 4.58. The molecule has 3 rings (SSSR count). The first-order valence-electron chi connectivity index (χ1n) is 8.12. The van der Waals surface area contributed by atoms with Gasteiger partial charge < -0.3 is 15.2 Å². The number of ether oxygens (including phenoxy) is 1. The molecule has 0 aromatic rings. The zero-order chi connectivity index (χ0) is 13.5. The lowest BCUT2D eigenvalue weighted by atomic mass is 9.55. The van der Waals surface area contributed by atoms with Crippen LogP contribution in [0.3, 0.4) is 0 Å². The van der Waals surface area contributed by atoms with Gasteiger partial charge in [-0.1, -0.05) is 13.8 Å². The lowest BCUT2D eigenvalue weighted by Crippen LogP contribution is -2.69. The summed E-state index contributed by atoms with van der Waals surface area (Å²) in [6, 6.07) is 0.629. The van der Waals surface area contributed by atoms with Gasteiger partial charge in [-0.25, -0.2) is 0 Å². The Morgan fingerprint density at radius 1 is 1.16 bits per heavy atom. The molecule has 1 saturated heterocycles. The molecule has 1 aliphatic heterocycles. The maximum atomic E-state index is 9.56. The fraction of sp³-hybridized carbons (Fsp3) is 1.00. The van der Waals surface area contributed by atoms with E-state index in [-0.39, 0.29) is 6.10 Å². The van der Waals surface area contributed by atoms with Crippen LogP contribution in [-0.2, 0) is 4.74 Å². The number of rotatable bonds is 3. The summed E-state index contributed by atoms with van der Waals surface area (Å²) in [6.07, 6.45) is 7.36. The Balaban J connectivity index is 1.49. The fourth-order valence-electron chi connectivity index (χ4n) is 4.58. The van der Waals surface area contributed by atoms with E-state index >= 15 is 0 Å². The average Bonchev–Trinajstić information content (AvgIpc) is 2.41. The summed E-state index contributed by atoms with van der Waals surface area (Å²) in [6.45, 7) is 6.78. The minimum absolute atomic E-state index is 0.0347. The Kier molecular flexibility index (Phi) is 3.89. The Hall–Kier alpha value is -0.120. The molecule has 3 nitrogen and oxygen atoms in total. The van der Waals surface area contributed by atoms with Crippen LogP contribution in [0.2, 0.25) is 0 Å². The molecule has 2 aliphatic carbocycles. The van der Waals surface area contributed by atoms with Crippen molar-refractivity contribution in [2.24, 2.45) is 17.3 Å². The van der Waals surface area contributed by atoms with Crippen LogP contribution in [0.1, 0.15) is 52.4 Å². The predicted molar refractivity (Wildman–Crippen MR) is 76.0 cm³/mol. The largest absolute Gasteiger partial charge is 0.393 e. The van der Waals surface area contributed by atoms with Gasteiger partial charge in [-0.2, -0.15) is 0 Å². The summed E-state index contributed by atoms with van der Waals surface area (Å²) in [4.78, 5) is 0. The van der Waals surface area contributed by atoms with Gasteiger partial charge in [0.2, 0.25) is 0 Å². The van der Waals surface area contributed by atoms with Crippen molar-refractivity contribution in [3.05, 3.63) is 0 Å². The first-order valence-corrected chi connectivity index (χ1v) is 8.12. The second-order valence-corrected chi connectivity index (χ2v) is 7.48. The van der Waals surface area contributed by atoms with E-state index in [4.69, 9.17) is 4.74 Å². The summed E-state index contributed by atoms with van der Waals surface area (Å²) in [5.74, 6) is 1.50. The Bertz CT molecular complexity index is 310. The molecule has 3 aliphatic rings. The number of nitrogens with one attached hydrogen (secondary N) is 1. The minimum atomic E-state index is -0.0347. The van der Waals surface area contributed by atoms with Crippen LogP contribution in [0.25, 0.3) is 0 Å². The zero-order valence-electron chi connectivity index (χ0n) is 12.4. The van der Waals surface area contributed by atoms with Gasteiger partial charge in [0.05, 0.1) is 12.2 Å². The van der Waals surface area contributed by atoms with E-state index < -0.39 is 0 Å². The standard InChI is InChI=1S/C16H29NO2/c1-16(2)14(13-4-3-9-19-15(13)16)17-10-11-5-7-12(18)8-6-11/h11-15,17-18H,3-10H2,1-2H3. The van der Waals surface area contributed by atoms with Crippen LogP contribution in [-0.4, -0.2) is 36.5 Å². The monoisotopic (exact) mass is 267 g/mol. The Labute approximate surface area is 117 Å². The smallest absolute Gasteiger partial charge is 0.0684 e. The van der Waals surface area contributed by atoms with Crippen molar-refractivity contribution >= 4 is 0 Å². The van der Waals surface area contributed by atoms with E-state index in [9.17, 15) is 5.11 Å². The number of hydrogen-bond acceptors (Lipinski definition) is 3. The lowest BCUT2D eigenvalue weighted by molar-refractivity contribution is -0.193. The lowest BCUT2D eigenvalue weighted by Gasteiger charge is -2.60. The van der Waals surface area contributed by atoms with E-state index in [0.717, 1.165) is 37.8 Å². The van der Waals surface area contributed by atoms with E-state index in [1.54, 1.807) is 0 Å². The van der Waals surface area contributed by atoms with Crippen molar-refractivity contribution < 1.29 is 9.84 Å². The summed E-state index contributed by atoms with van der Waals surface area (Å²) in [5.41, 5.74) is 0.291. The van der Waals surface area contributed by atoms with Crippen molar-refractivity contribution in [1.29, 1.82) is 0 Å². The average molecular weight is 267 g/mol. The molecule has 3 heteroatoms. The second kappa shape index (κ2) is 5.34. The summed E-state index contributed by atoms with van der Waals surface area (Å²) < 4.78 is 5.96. The number of aliphatic hydroxyl groups excluding tert-OH is 1. The van der Waals surface area contributed by atoms with Crippen LogP contribution in [0, 0.1) is 17.3 Å². The molecule has 3 fully saturated rings. The second-order valence-electron chi connectivity index (χ2n) is 7.48. The van der Waals surface area contributed by atoms with Gasteiger partial charge in [-0.05, 0) is 51.0 Å². The molecule has 0 aromatic heterocycles. The van der Waals surface area contributed by atoms with Gasteiger partial charge >= 0.3 is 0 Å². The van der Waals surface area contributed by atoms with E-state index in [2.05, 4.69) is 19.2 Å². The topological polar surface area (TPSA) is 41.5 Å². The van der Waals surface area contributed by atoms with Gasteiger partial charge in [0, 0.05) is 24.0 Å². The Morgan fingerprint density at radius 2 is 1.89 bits per heavy atom. The minimum Gasteiger partial charge on any atom is -0.393 e. The first-order chi connectivity index (χ1) is 9.09. The SMILES string of the molecule is CC1(C)C(NCC2CCC(O)CC2)C2CCCOC21. The molecular weight excluding hydrogens is 238 g/mol. The maximum absolute atomic E-state index is 9.56. The van der Waals surface area contributed by atoms with Crippen LogP contribution >= 0.6 is 0 Å². The summed E-state index contributed by atoms with van der Waals surface area (Å²) in [7, 11) is 0. The van der Waals surface area contributed by atoms with Crippen LogP contribution in [0.4, 0.5) is 0 Å². The number of fused-ring (bicyclic) bond motifs is 1. The van der Waals surface area contributed by atoms with Crippen LogP contribution in [0.5, 0.6) is 0 Å². The van der Waals surface area contributed by atoms with Gasteiger partial charge in [0.15, 0.2) is 0 Å². The molecular formula is C16H29NO2. The first kappa shape index (κ1) is 13.8. The highest BCUT2D eigenvalue weighted by atomic mass is 16.5. The van der Waals surface area contributed by atoms with E-state index in [1.165, 1.54) is 25.7 Å². The molecule has 110 valence electrons. The molecule has 19 heavy (non-hydrogen) atoms. The van der Waals surface area contributed by atoms with Gasteiger partial charge in [0.1, 0.15) is 0 Å². The molecule has 2 N–H and O–H groups in total. The molecule has 1 heterocycles. The van der Waals surface area contributed by atoms with Crippen molar-refractivity contribution in [2.75, 3.05) is 13.2 Å². The highest BCUT2D eigenvalue weighted by Crippen LogP contribution is 2.51. The molecule has 3 unspecified atom stereocenters. The van der Waals surface area contributed by atoms with Crippen LogP contribution in [0.15, 0.2) is 0 Å². The molecule has 3 atom stereocenters. The van der Waals surface area contributed by atoms with Crippen molar-refractivity contribution in [1.82, 2.24) is 5.32 Å². The van der Waals surface area contributed by atoms with Crippen LogP contribution < -0.4 is 5.32 Å². The summed E-state index contributed by atoms with van der Waals surface area (Å²) in [5, 5.41) is 13.4. The maximum Gasteiger partial charge on any atom is 0.0684 e. The van der Waals surface area contributed by atoms with Gasteiger partial charge in [0.25, 0.3) is 0 Å². The van der Waals surface area contributed by atoms with E-state index in [1.807, 2.05) is 0 Å². The van der Waals surface area contributed by atoms with E-state index in [0.29, 0.717) is 17.6 Å². The molecule has 0 amide bonds. The Morgan fingerprint density at radius 3 is 2.63 bits per heavy atom. The molecule has 0 spiro atoms. The van der Waals surface area contributed by atoms with Gasteiger partial charge in [-0.15, -0.1) is 0 Å². The van der Waals surface area contributed by atoms with Crippen molar-refractivity contribution in [3.63, 3.8) is 0 Å². The third-order valence-electron chi connectivity index (χ3n) is 5.77. The quantitative estimate of drug-likeness (QED) is 0.824. The number of hydrogen-bond donors (Lipinski definition) is 2. The number of aliphatic hydroxyl groups is 1. The van der Waals surface area contributed by atoms with Crippen molar-refractivity contribution in [2.45, 2.75) is 70.6 Å². The third-order valence-corrected chi connectivity index (χ3v) is 5.77. The van der Waals surface area contributed by atoms with Gasteiger partial charge in [-0.3, -0.25) is 0 Å². The molecule has 0 radical (unpaired) electrons. The normalized spacial score (nSPS) is 45.3. The van der Waals surface area contributed by atoms with Crippen molar-refractivity contribution in [3.8, 4) is 0 Å². The molecule has 0 bridgehead atoms. The molecule has 0 aromatic carbocycles. The predicted octanol–water partition coefficient (Wildman–Crippen LogP) is 2.33. The highest BCUT2D eigenvalue weighted by Gasteiger charge is 2.57.